The molecule has 0 aliphatic rings. The zero-order valence-corrected chi connectivity index (χ0v) is 30.2. The summed E-state index contributed by atoms with van der Waals surface area (Å²) in [6.45, 7) is 0. The number of furan rings is 2. The van der Waals surface area contributed by atoms with Gasteiger partial charge in [0.05, 0.1) is 11.4 Å². The van der Waals surface area contributed by atoms with Gasteiger partial charge in [-0.1, -0.05) is 164 Å². The molecule has 262 valence electrons. The average molecular weight is 717 g/mol. The van der Waals surface area contributed by atoms with Gasteiger partial charge in [0, 0.05) is 49.4 Å². The Labute approximate surface area is 323 Å². The number of hydrogen-bond acceptors (Lipinski definition) is 4. The van der Waals surface area contributed by atoms with Gasteiger partial charge in [-0.15, -0.1) is 0 Å². The Morgan fingerprint density at radius 2 is 0.911 bits per heavy atom. The summed E-state index contributed by atoms with van der Waals surface area (Å²) in [5.41, 5.74) is 14.8. The van der Waals surface area contributed by atoms with Crippen molar-refractivity contribution < 1.29 is 8.83 Å². The molecular formula is C52H32N2O2. The van der Waals surface area contributed by atoms with E-state index in [-0.39, 0.29) is 0 Å². The Hall–Kier alpha value is -7.56. The number of aromatic nitrogens is 2. The minimum Gasteiger partial charge on any atom is -0.456 e. The molecule has 8 aromatic carbocycles. The number of rotatable bonds is 6. The van der Waals surface area contributed by atoms with Crippen LogP contribution in [-0.4, -0.2) is 9.97 Å². The van der Waals surface area contributed by atoms with E-state index in [9.17, 15) is 0 Å². The maximum absolute atomic E-state index is 6.49. The van der Waals surface area contributed by atoms with Gasteiger partial charge in [-0.05, 0) is 52.6 Å². The fraction of sp³-hybridized carbons (Fsp3) is 0. The summed E-state index contributed by atoms with van der Waals surface area (Å²) in [6, 6.07) is 67.3. The molecule has 0 N–H and O–H groups in total. The van der Waals surface area contributed by atoms with E-state index in [1.807, 2.05) is 60.7 Å². The first-order valence-corrected chi connectivity index (χ1v) is 18.8. The van der Waals surface area contributed by atoms with Gasteiger partial charge in [0.25, 0.3) is 0 Å². The van der Waals surface area contributed by atoms with Gasteiger partial charge in [0.1, 0.15) is 22.3 Å². The van der Waals surface area contributed by atoms with E-state index in [2.05, 4.69) is 133 Å². The molecule has 4 nitrogen and oxygen atoms in total. The van der Waals surface area contributed by atoms with E-state index in [0.717, 1.165) is 105 Å². The largest absolute Gasteiger partial charge is 0.456 e. The van der Waals surface area contributed by atoms with Crippen LogP contribution in [0.4, 0.5) is 0 Å². The molecule has 0 saturated carbocycles. The summed E-state index contributed by atoms with van der Waals surface area (Å²) in [4.78, 5) is 10.3. The van der Waals surface area contributed by atoms with Crippen molar-refractivity contribution in [1.82, 2.24) is 9.97 Å². The standard InChI is InChI=1S/C52H32N2O2/c1-3-14-34(15-4-1)44-32-45(54-52(53-44)36-16-5-2-6-17-36)39-19-8-7-18-38(39)41-30-31-48-50(43-21-10-12-25-47(43)55-48)49(41)35-28-26-33(27-29-35)37-22-13-23-42-40-20-9-11-24-46(40)56-51(37)42/h1-32H. The molecule has 0 aliphatic heterocycles. The van der Waals surface area contributed by atoms with Gasteiger partial charge in [0.2, 0.25) is 0 Å². The summed E-state index contributed by atoms with van der Waals surface area (Å²) < 4.78 is 12.9. The Balaban J connectivity index is 1.12. The third kappa shape index (κ3) is 5.31. The van der Waals surface area contributed by atoms with Crippen LogP contribution in [0, 0.1) is 0 Å². The highest BCUT2D eigenvalue weighted by Crippen LogP contribution is 2.46. The van der Waals surface area contributed by atoms with Crippen LogP contribution in [0.5, 0.6) is 0 Å². The average Bonchev–Trinajstić information content (AvgIpc) is 3.85. The van der Waals surface area contributed by atoms with Crippen molar-refractivity contribution in [2.45, 2.75) is 0 Å². The fourth-order valence-corrected chi connectivity index (χ4v) is 8.13. The van der Waals surface area contributed by atoms with Gasteiger partial charge in [-0.3, -0.25) is 0 Å². The van der Waals surface area contributed by atoms with Crippen LogP contribution in [0.25, 0.3) is 111 Å². The van der Waals surface area contributed by atoms with Crippen molar-refractivity contribution in [3.8, 4) is 67.3 Å². The highest BCUT2D eigenvalue weighted by molar-refractivity contribution is 6.17. The molecule has 0 saturated heterocycles. The quantitative estimate of drug-likeness (QED) is 0.172. The summed E-state index contributed by atoms with van der Waals surface area (Å²) in [5, 5.41) is 4.40. The van der Waals surface area contributed by atoms with Crippen molar-refractivity contribution in [2.75, 3.05) is 0 Å². The highest BCUT2D eigenvalue weighted by atomic mass is 16.3. The van der Waals surface area contributed by atoms with Crippen molar-refractivity contribution in [1.29, 1.82) is 0 Å². The lowest BCUT2D eigenvalue weighted by atomic mass is 9.87. The van der Waals surface area contributed by atoms with Crippen molar-refractivity contribution in [2.24, 2.45) is 0 Å². The van der Waals surface area contributed by atoms with Crippen molar-refractivity contribution in [3.63, 3.8) is 0 Å². The molecule has 3 aromatic heterocycles. The molecule has 0 bridgehead atoms. The van der Waals surface area contributed by atoms with Crippen LogP contribution < -0.4 is 0 Å². The summed E-state index contributed by atoms with van der Waals surface area (Å²) in [7, 11) is 0. The normalized spacial score (nSPS) is 11.6. The van der Waals surface area contributed by atoms with Crippen molar-refractivity contribution in [3.05, 3.63) is 194 Å². The third-order valence-electron chi connectivity index (χ3n) is 10.8. The Morgan fingerprint density at radius 3 is 1.70 bits per heavy atom. The monoisotopic (exact) mass is 716 g/mol. The molecule has 4 heteroatoms. The molecule has 56 heavy (non-hydrogen) atoms. The predicted molar refractivity (Wildman–Crippen MR) is 229 cm³/mol. The molecule has 11 rings (SSSR count). The van der Waals surface area contributed by atoms with Crippen LogP contribution >= 0.6 is 0 Å². The van der Waals surface area contributed by atoms with Crippen LogP contribution in [-0.2, 0) is 0 Å². The molecular weight excluding hydrogens is 685 g/mol. The van der Waals surface area contributed by atoms with Crippen molar-refractivity contribution >= 4 is 43.9 Å². The Kier molecular flexibility index (Phi) is 7.46. The molecule has 0 fully saturated rings. The molecule has 11 aromatic rings. The smallest absolute Gasteiger partial charge is 0.160 e. The summed E-state index contributed by atoms with van der Waals surface area (Å²) in [5.74, 6) is 0.684. The lowest BCUT2D eigenvalue weighted by Crippen LogP contribution is -1.97. The van der Waals surface area contributed by atoms with Gasteiger partial charge in [-0.25, -0.2) is 9.97 Å². The predicted octanol–water partition coefficient (Wildman–Crippen LogP) is 14.3. The maximum Gasteiger partial charge on any atom is 0.160 e. The Morgan fingerprint density at radius 1 is 0.321 bits per heavy atom. The van der Waals surface area contributed by atoms with Crippen LogP contribution in [0.15, 0.2) is 203 Å². The second-order valence-corrected chi connectivity index (χ2v) is 14.1. The molecule has 0 unspecified atom stereocenters. The number of benzene rings is 8. The minimum absolute atomic E-state index is 0.684. The van der Waals surface area contributed by atoms with Crippen LogP contribution in [0.1, 0.15) is 0 Å². The zero-order chi connectivity index (χ0) is 37.0. The first kappa shape index (κ1) is 31.9. The van der Waals surface area contributed by atoms with E-state index in [1.54, 1.807) is 0 Å². The zero-order valence-electron chi connectivity index (χ0n) is 30.2. The molecule has 0 spiro atoms. The number of nitrogens with zero attached hydrogens (tertiary/aromatic N) is 2. The summed E-state index contributed by atoms with van der Waals surface area (Å²) in [6.07, 6.45) is 0. The molecule has 0 radical (unpaired) electrons. The van der Waals surface area contributed by atoms with E-state index >= 15 is 0 Å². The molecule has 0 aliphatic carbocycles. The van der Waals surface area contributed by atoms with Crippen LogP contribution in [0.2, 0.25) is 0 Å². The third-order valence-corrected chi connectivity index (χ3v) is 10.8. The topological polar surface area (TPSA) is 52.1 Å². The SMILES string of the molecule is c1ccc(-c2cc(-c3ccccc3-c3ccc4oc5ccccc5c4c3-c3ccc(-c4cccc5c4oc4ccccc45)cc3)nc(-c3ccccc3)n2)cc1. The second-order valence-electron chi connectivity index (χ2n) is 14.1. The Bertz CT molecular complexity index is 3180. The summed E-state index contributed by atoms with van der Waals surface area (Å²) >= 11 is 0. The second kappa shape index (κ2) is 13.1. The number of para-hydroxylation sites is 3. The fourth-order valence-electron chi connectivity index (χ4n) is 8.13. The van der Waals surface area contributed by atoms with Gasteiger partial charge in [-0.2, -0.15) is 0 Å². The van der Waals surface area contributed by atoms with E-state index in [4.69, 9.17) is 18.8 Å². The first-order chi connectivity index (χ1) is 27.8. The van der Waals surface area contributed by atoms with Gasteiger partial charge >= 0.3 is 0 Å². The molecule has 0 amide bonds. The number of fused-ring (bicyclic) bond motifs is 6. The first-order valence-electron chi connectivity index (χ1n) is 18.8. The maximum atomic E-state index is 6.49. The van der Waals surface area contributed by atoms with Gasteiger partial charge in [0.15, 0.2) is 5.82 Å². The lowest BCUT2D eigenvalue weighted by molar-refractivity contribution is 0.669. The lowest BCUT2D eigenvalue weighted by Gasteiger charge is -2.17. The van der Waals surface area contributed by atoms with E-state index < -0.39 is 0 Å². The molecule has 0 atom stereocenters. The number of hydrogen-bond donors (Lipinski definition) is 0. The van der Waals surface area contributed by atoms with Gasteiger partial charge < -0.3 is 8.83 Å². The van der Waals surface area contributed by atoms with E-state index in [0.29, 0.717) is 5.82 Å². The van der Waals surface area contributed by atoms with Crippen LogP contribution in [0.3, 0.4) is 0 Å². The van der Waals surface area contributed by atoms with E-state index in [1.165, 1.54) is 0 Å². The molecule has 3 heterocycles. The minimum atomic E-state index is 0.684. The highest BCUT2D eigenvalue weighted by Gasteiger charge is 2.21.